The van der Waals surface area contributed by atoms with Crippen LogP contribution in [0.5, 0.6) is 0 Å². The van der Waals surface area contributed by atoms with Gasteiger partial charge in [-0.1, -0.05) is 24.0 Å². The molecule has 2 aromatic heterocycles. The van der Waals surface area contributed by atoms with Crippen molar-refractivity contribution in [3.05, 3.63) is 59.9 Å². The molecule has 3 N–H and O–H groups in total. The molecule has 1 aliphatic heterocycles. The quantitative estimate of drug-likeness (QED) is 0.271. The highest BCUT2D eigenvalue weighted by Gasteiger charge is 2.37. The number of rotatable bonds is 9. The molecule has 8 nitrogen and oxygen atoms in total. The monoisotopic (exact) mass is 568 g/mol. The fourth-order valence-corrected chi connectivity index (χ4v) is 5.25. The fraction of sp³-hybridized carbons (Fsp3) is 0.379. The van der Waals surface area contributed by atoms with Crippen LogP contribution in [-0.2, 0) is 6.54 Å². The van der Waals surface area contributed by atoms with Gasteiger partial charge in [0.25, 0.3) is 5.92 Å². The smallest absolute Gasteiger partial charge is 0.321 e. The number of likely N-dealkylation sites (tertiary alicyclic amines) is 1. The van der Waals surface area contributed by atoms with E-state index in [0.717, 1.165) is 27.0 Å². The number of halogens is 2. The summed E-state index contributed by atoms with van der Waals surface area (Å²) in [7, 11) is 0. The summed E-state index contributed by atoms with van der Waals surface area (Å²) in [5.41, 5.74) is 3.72. The molecule has 1 saturated heterocycles. The molecule has 1 aromatic carbocycles. The van der Waals surface area contributed by atoms with Crippen molar-refractivity contribution in [1.29, 1.82) is 0 Å². The number of aliphatic hydroxyl groups is 1. The first-order valence-electron chi connectivity index (χ1n) is 13.1. The first kappa shape index (κ1) is 29.4. The minimum absolute atomic E-state index is 0.135. The zero-order valence-electron chi connectivity index (χ0n) is 23.1. The number of amides is 2. The van der Waals surface area contributed by atoms with Crippen molar-refractivity contribution in [2.24, 2.45) is 4.99 Å². The molecule has 3 aromatic rings. The van der Waals surface area contributed by atoms with Crippen LogP contribution in [0.25, 0.3) is 27.0 Å². The van der Waals surface area contributed by atoms with E-state index < -0.39 is 11.5 Å². The Labute approximate surface area is 236 Å². The molecule has 3 heterocycles. The van der Waals surface area contributed by atoms with Gasteiger partial charge in [-0.3, -0.25) is 20.2 Å². The van der Waals surface area contributed by atoms with Crippen LogP contribution >= 0.6 is 11.3 Å². The molecular weight excluding hydrogens is 534 g/mol. The number of urea groups is 1. The summed E-state index contributed by atoms with van der Waals surface area (Å²) in [6.07, 6.45) is 5.08. The van der Waals surface area contributed by atoms with Crippen molar-refractivity contribution < 1.29 is 18.7 Å². The summed E-state index contributed by atoms with van der Waals surface area (Å²) >= 11 is 1.33. The number of carbonyl (C=O) groups excluding carboxylic acids is 1. The third-order valence-electron chi connectivity index (χ3n) is 6.51. The number of nitrogens with zero attached hydrogens (tertiary/aromatic N) is 4. The number of carbonyl (C=O) groups is 1. The van der Waals surface area contributed by atoms with E-state index in [2.05, 4.69) is 32.2 Å². The molecule has 212 valence electrons. The van der Waals surface area contributed by atoms with Crippen LogP contribution in [0.15, 0.2) is 53.8 Å². The molecule has 4 rings (SSSR count). The van der Waals surface area contributed by atoms with E-state index in [0.29, 0.717) is 41.7 Å². The van der Waals surface area contributed by atoms with Crippen LogP contribution in [0, 0.1) is 0 Å². The number of aromatic nitrogens is 2. The zero-order valence-corrected chi connectivity index (χ0v) is 23.9. The van der Waals surface area contributed by atoms with E-state index in [1.807, 2.05) is 44.2 Å². The van der Waals surface area contributed by atoms with E-state index in [9.17, 15) is 18.7 Å². The Morgan fingerprint density at radius 3 is 2.77 bits per heavy atom. The van der Waals surface area contributed by atoms with E-state index in [4.69, 9.17) is 0 Å². The van der Waals surface area contributed by atoms with Crippen LogP contribution in [-0.4, -0.2) is 63.4 Å². The number of thiazole rings is 1. The third kappa shape index (κ3) is 7.15. The number of hydrogen-bond donors (Lipinski definition) is 3. The van der Waals surface area contributed by atoms with Gasteiger partial charge in [-0.2, -0.15) is 0 Å². The van der Waals surface area contributed by atoms with Gasteiger partial charge >= 0.3 is 6.03 Å². The van der Waals surface area contributed by atoms with Crippen molar-refractivity contribution in [2.75, 3.05) is 25.0 Å². The second-order valence-corrected chi connectivity index (χ2v) is 11.2. The molecule has 0 saturated carbocycles. The average Bonchev–Trinajstić information content (AvgIpc) is 3.44. The minimum Gasteiger partial charge on any atom is -0.384 e. The number of fused-ring (bicyclic) bond motifs is 1. The lowest BCUT2D eigenvalue weighted by Gasteiger charge is -2.16. The number of benzene rings is 1. The van der Waals surface area contributed by atoms with Crippen LogP contribution < -0.4 is 10.6 Å². The summed E-state index contributed by atoms with van der Waals surface area (Å²) in [5, 5.41) is 16.1. The van der Waals surface area contributed by atoms with Crippen LogP contribution in [0.2, 0.25) is 0 Å². The lowest BCUT2D eigenvalue weighted by atomic mass is 10.00. The summed E-state index contributed by atoms with van der Waals surface area (Å²) in [4.78, 5) is 27.5. The van der Waals surface area contributed by atoms with Gasteiger partial charge in [0.1, 0.15) is 5.60 Å². The Morgan fingerprint density at radius 1 is 1.35 bits per heavy atom. The lowest BCUT2D eigenvalue weighted by molar-refractivity contribution is 0.0115. The number of aliphatic imine (C=N–C) groups is 1. The minimum atomic E-state index is -2.66. The van der Waals surface area contributed by atoms with Gasteiger partial charge in [0, 0.05) is 44.0 Å². The average molecular weight is 569 g/mol. The van der Waals surface area contributed by atoms with E-state index in [-0.39, 0.29) is 19.0 Å². The van der Waals surface area contributed by atoms with Gasteiger partial charge in [-0.15, -0.1) is 0 Å². The van der Waals surface area contributed by atoms with Crippen LogP contribution in [0.1, 0.15) is 45.2 Å². The van der Waals surface area contributed by atoms with Gasteiger partial charge in [-0.25, -0.2) is 18.6 Å². The van der Waals surface area contributed by atoms with Crippen molar-refractivity contribution in [2.45, 2.75) is 52.2 Å². The van der Waals surface area contributed by atoms with Crippen molar-refractivity contribution in [3.63, 3.8) is 0 Å². The molecule has 0 atom stereocenters. The van der Waals surface area contributed by atoms with Gasteiger partial charge in [-0.05, 0) is 68.7 Å². The molecule has 1 fully saturated rings. The molecule has 40 heavy (non-hydrogen) atoms. The van der Waals surface area contributed by atoms with Crippen LogP contribution in [0.4, 0.5) is 18.7 Å². The fourth-order valence-electron chi connectivity index (χ4n) is 4.29. The number of pyridine rings is 1. The Hall–Kier alpha value is -3.54. The molecule has 0 unspecified atom stereocenters. The molecule has 0 aliphatic carbocycles. The Kier molecular flexibility index (Phi) is 8.77. The first-order chi connectivity index (χ1) is 18.9. The summed E-state index contributed by atoms with van der Waals surface area (Å²) in [5.74, 6) is -2.66. The van der Waals surface area contributed by atoms with Gasteiger partial charge in [0.05, 0.1) is 28.2 Å². The highest BCUT2D eigenvalue weighted by atomic mass is 32.1. The number of nitrogens with one attached hydrogen (secondary N) is 2. The maximum atomic E-state index is 13.8. The summed E-state index contributed by atoms with van der Waals surface area (Å²) < 4.78 is 28.3. The van der Waals surface area contributed by atoms with Crippen molar-refractivity contribution >= 4 is 44.5 Å². The first-order valence-corrected chi connectivity index (χ1v) is 13.9. The SMILES string of the molecule is C=C(N=C/C(=C\C)c1cc(-c2cc(CN3CCC(F)(F)C3)ccn2)c2sc(NC(=O)NCC)nc2c1)C(C)(C)O. The summed E-state index contributed by atoms with van der Waals surface area (Å²) in [6.45, 7) is 11.8. The largest absolute Gasteiger partial charge is 0.384 e. The Bertz CT molecular complexity index is 1470. The number of hydrogen-bond acceptors (Lipinski definition) is 7. The Balaban J connectivity index is 1.76. The molecule has 2 amide bonds. The Morgan fingerprint density at radius 2 is 2.12 bits per heavy atom. The van der Waals surface area contributed by atoms with Crippen LogP contribution in [0.3, 0.4) is 0 Å². The number of alkyl halides is 2. The van der Waals surface area contributed by atoms with E-state index in [1.165, 1.54) is 11.3 Å². The zero-order chi connectivity index (χ0) is 29.1. The maximum Gasteiger partial charge on any atom is 0.321 e. The van der Waals surface area contributed by atoms with E-state index in [1.54, 1.807) is 31.2 Å². The normalized spacial score (nSPS) is 16.1. The molecule has 0 spiro atoms. The second-order valence-electron chi connectivity index (χ2n) is 10.2. The number of allylic oxidation sites excluding steroid dienone is 2. The molecule has 11 heteroatoms. The third-order valence-corrected chi connectivity index (χ3v) is 7.53. The van der Waals surface area contributed by atoms with Crippen molar-refractivity contribution in [1.82, 2.24) is 20.2 Å². The molecular formula is C29H34F2N6O2S. The van der Waals surface area contributed by atoms with Crippen molar-refractivity contribution in [3.8, 4) is 11.3 Å². The molecule has 0 radical (unpaired) electrons. The second kappa shape index (κ2) is 11.9. The molecule has 0 bridgehead atoms. The lowest BCUT2D eigenvalue weighted by Crippen LogP contribution is -2.28. The maximum absolute atomic E-state index is 13.8. The predicted molar refractivity (Wildman–Crippen MR) is 158 cm³/mol. The number of anilines is 1. The topological polar surface area (TPSA) is 103 Å². The van der Waals surface area contributed by atoms with Gasteiger partial charge in [0.15, 0.2) is 5.13 Å². The van der Waals surface area contributed by atoms with Gasteiger partial charge in [0.2, 0.25) is 0 Å². The molecule has 1 aliphatic rings. The predicted octanol–water partition coefficient (Wildman–Crippen LogP) is 6.10. The standard InChI is InChI=1S/C29H34F2N6O2S/c1-6-20(15-34-18(3)28(4,5)39)21-13-22(25-24(14-21)35-27(40-25)36-26(38)32-7-2)23-12-19(8-10-33-23)16-37-11-9-29(30,31)17-37/h6,8,10,12-15,39H,3,7,9,11,16-17H2,1-2,4-5H3,(H2,32,35,36,38)/b20-6+,34-15?. The van der Waals surface area contributed by atoms with E-state index >= 15 is 0 Å². The highest BCUT2D eigenvalue weighted by Crippen LogP contribution is 2.37. The summed E-state index contributed by atoms with van der Waals surface area (Å²) in [6, 6.07) is 7.27. The van der Waals surface area contributed by atoms with Gasteiger partial charge < -0.3 is 10.4 Å². The highest BCUT2D eigenvalue weighted by molar-refractivity contribution is 7.22.